The van der Waals surface area contributed by atoms with Crippen LogP contribution in [0.5, 0.6) is 5.75 Å². The lowest BCUT2D eigenvalue weighted by Crippen LogP contribution is -2.38. The molecule has 0 bridgehead atoms. The van der Waals surface area contributed by atoms with E-state index in [2.05, 4.69) is 37.9 Å². The Morgan fingerprint density at radius 3 is 2.96 bits per heavy atom. The fourth-order valence-corrected chi connectivity index (χ4v) is 4.14. The summed E-state index contributed by atoms with van der Waals surface area (Å²) in [6.07, 6.45) is 1.31. The van der Waals surface area contributed by atoms with Gasteiger partial charge in [-0.05, 0) is 42.5 Å². The summed E-state index contributed by atoms with van der Waals surface area (Å²) in [5.41, 5.74) is 2.02. The zero-order chi connectivity index (χ0) is 19.3. The third kappa shape index (κ3) is 4.36. The minimum absolute atomic E-state index is 0.0531. The van der Waals surface area contributed by atoms with Crippen LogP contribution < -0.4 is 15.0 Å². The molecule has 2 aromatic heterocycles. The second kappa shape index (κ2) is 8.48. The van der Waals surface area contributed by atoms with E-state index in [1.165, 1.54) is 4.88 Å². The van der Waals surface area contributed by atoms with Crippen molar-refractivity contribution >= 4 is 23.1 Å². The maximum Gasteiger partial charge on any atom is 0.224 e. The Morgan fingerprint density at radius 2 is 2.21 bits per heavy atom. The first-order valence-electron chi connectivity index (χ1n) is 9.56. The highest BCUT2D eigenvalue weighted by molar-refractivity contribution is 7.13. The van der Waals surface area contributed by atoms with Gasteiger partial charge in [0.1, 0.15) is 5.75 Å². The van der Waals surface area contributed by atoms with Gasteiger partial charge in [-0.1, -0.05) is 18.2 Å². The van der Waals surface area contributed by atoms with Crippen molar-refractivity contribution in [1.29, 1.82) is 0 Å². The summed E-state index contributed by atoms with van der Waals surface area (Å²) < 4.78 is 5.44. The molecule has 1 aromatic carbocycles. The number of nitrogens with one attached hydrogen (secondary N) is 2. The van der Waals surface area contributed by atoms with E-state index in [0.717, 1.165) is 42.3 Å². The summed E-state index contributed by atoms with van der Waals surface area (Å²) in [5.74, 6) is 1.82. The molecule has 0 aliphatic carbocycles. The number of nitrogens with zero attached hydrogens (tertiary/aromatic N) is 2. The molecular weight excluding hydrogens is 372 g/mol. The molecule has 1 amide bonds. The number of thiophene rings is 1. The van der Waals surface area contributed by atoms with Gasteiger partial charge in [0, 0.05) is 25.2 Å². The van der Waals surface area contributed by atoms with Crippen LogP contribution in [-0.2, 0) is 11.2 Å². The number of anilines is 1. The van der Waals surface area contributed by atoms with Crippen molar-refractivity contribution in [2.45, 2.75) is 25.8 Å². The van der Waals surface area contributed by atoms with E-state index in [4.69, 9.17) is 4.74 Å². The molecule has 1 atom stereocenters. The summed E-state index contributed by atoms with van der Waals surface area (Å²) in [6, 6.07) is 14.1. The molecule has 1 saturated heterocycles. The Balaban J connectivity index is 1.29. The molecule has 0 unspecified atom stereocenters. The van der Waals surface area contributed by atoms with Crippen molar-refractivity contribution in [3.8, 4) is 16.3 Å². The van der Waals surface area contributed by atoms with Gasteiger partial charge in [0.2, 0.25) is 5.91 Å². The summed E-state index contributed by atoms with van der Waals surface area (Å²) >= 11 is 1.69. The number of amides is 1. The first-order chi connectivity index (χ1) is 13.7. The predicted molar refractivity (Wildman–Crippen MR) is 112 cm³/mol. The van der Waals surface area contributed by atoms with Gasteiger partial charge in [0.15, 0.2) is 5.82 Å². The fourth-order valence-electron chi connectivity index (χ4n) is 3.45. The predicted octanol–water partition coefficient (Wildman–Crippen LogP) is 3.47. The quantitative estimate of drug-likeness (QED) is 0.642. The Hall–Kier alpha value is -2.80. The Kier molecular flexibility index (Phi) is 5.62. The first-order valence-corrected chi connectivity index (χ1v) is 10.4. The first kappa shape index (κ1) is 18.6. The molecule has 0 saturated carbocycles. The maximum atomic E-state index is 12.4. The molecule has 7 heteroatoms. The van der Waals surface area contributed by atoms with E-state index in [9.17, 15) is 4.79 Å². The van der Waals surface area contributed by atoms with Gasteiger partial charge in [-0.25, -0.2) is 0 Å². The van der Waals surface area contributed by atoms with Crippen molar-refractivity contribution in [2.75, 3.05) is 24.6 Å². The second-order valence-corrected chi connectivity index (χ2v) is 7.82. The van der Waals surface area contributed by atoms with E-state index < -0.39 is 0 Å². The van der Waals surface area contributed by atoms with Gasteiger partial charge in [-0.3, -0.25) is 9.89 Å². The summed E-state index contributed by atoms with van der Waals surface area (Å²) in [5, 5.41) is 12.8. The number of rotatable bonds is 7. The van der Waals surface area contributed by atoms with Crippen LogP contribution >= 0.6 is 11.3 Å². The number of hydrogen-bond acceptors (Lipinski definition) is 5. The number of ether oxygens (including phenoxy) is 1. The number of aromatic nitrogens is 2. The summed E-state index contributed by atoms with van der Waals surface area (Å²) in [4.78, 5) is 15.8. The minimum Gasteiger partial charge on any atom is -0.494 e. The topological polar surface area (TPSA) is 70.2 Å². The highest BCUT2D eigenvalue weighted by Gasteiger charge is 2.25. The Labute approximate surface area is 168 Å². The lowest BCUT2D eigenvalue weighted by Gasteiger charge is -2.16. The number of carbonyl (C=O) groups is 1. The monoisotopic (exact) mass is 396 g/mol. The van der Waals surface area contributed by atoms with Crippen LogP contribution in [0.15, 0.2) is 47.8 Å². The smallest absolute Gasteiger partial charge is 0.224 e. The molecule has 6 nitrogen and oxygen atoms in total. The van der Waals surface area contributed by atoms with Crippen molar-refractivity contribution < 1.29 is 9.53 Å². The molecule has 1 fully saturated rings. The fraction of sp³-hybridized carbons (Fsp3) is 0.333. The van der Waals surface area contributed by atoms with Crippen LogP contribution in [0.4, 0.5) is 5.82 Å². The van der Waals surface area contributed by atoms with Crippen LogP contribution in [0.2, 0.25) is 0 Å². The highest BCUT2D eigenvalue weighted by Crippen LogP contribution is 2.27. The molecule has 0 radical (unpaired) electrons. The highest BCUT2D eigenvalue weighted by atomic mass is 32.1. The van der Waals surface area contributed by atoms with Crippen molar-refractivity contribution in [3.63, 3.8) is 0 Å². The molecule has 1 aliphatic rings. The lowest BCUT2D eigenvalue weighted by molar-refractivity contribution is -0.121. The van der Waals surface area contributed by atoms with Crippen molar-refractivity contribution in [2.24, 2.45) is 0 Å². The summed E-state index contributed by atoms with van der Waals surface area (Å²) in [6.45, 7) is 4.27. The van der Waals surface area contributed by atoms with Crippen LogP contribution in [-0.4, -0.2) is 41.8 Å². The van der Waals surface area contributed by atoms with E-state index >= 15 is 0 Å². The van der Waals surface area contributed by atoms with Gasteiger partial charge >= 0.3 is 0 Å². The molecule has 146 valence electrons. The molecule has 4 rings (SSSR count). The van der Waals surface area contributed by atoms with Gasteiger partial charge in [0.25, 0.3) is 0 Å². The molecule has 28 heavy (non-hydrogen) atoms. The molecule has 3 aromatic rings. The molecule has 2 N–H and O–H groups in total. The number of carbonyl (C=O) groups excluding carboxylic acids is 1. The number of hydrogen-bond donors (Lipinski definition) is 2. The van der Waals surface area contributed by atoms with E-state index in [1.54, 1.807) is 11.3 Å². The lowest BCUT2D eigenvalue weighted by atomic mass is 10.1. The van der Waals surface area contributed by atoms with Gasteiger partial charge in [-0.15, -0.1) is 11.3 Å². The third-order valence-corrected chi connectivity index (χ3v) is 5.73. The van der Waals surface area contributed by atoms with Crippen LogP contribution in [0.25, 0.3) is 10.6 Å². The van der Waals surface area contributed by atoms with E-state index in [1.807, 2.05) is 37.3 Å². The average Bonchev–Trinajstić information content (AvgIpc) is 3.44. The van der Waals surface area contributed by atoms with Crippen molar-refractivity contribution in [3.05, 3.63) is 53.4 Å². The molecule has 0 spiro atoms. The number of H-pyrrole nitrogens is 1. The second-order valence-electron chi connectivity index (χ2n) is 6.87. The van der Waals surface area contributed by atoms with Gasteiger partial charge < -0.3 is 15.0 Å². The zero-order valence-electron chi connectivity index (χ0n) is 15.9. The third-order valence-electron chi connectivity index (χ3n) is 4.83. The van der Waals surface area contributed by atoms with Gasteiger partial charge in [-0.2, -0.15) is 5.10 Å². The maximum absolute atomic E-state index is 12.4. The Morgan fingerprint density at radius 1 is 1.36 bits per heavy atom. The zero-order valence-corrected chi connectivity index (χ0v) is 16.7. The van der Waals surface area contributed by atoms with E-state index in [-0.39, 0.29) is 11.9 Å². The summed E-state index contributed by atoms with van der Waals surface area (Å²) in [7, 11) is 0. The standard InChI is InChI=1S/C21H24N4O2S/c1-2-27-17-7-5-15(6-8-17)12-21(26)22-16-9-10-25(14-16)20-13-18(23-24-20)19-4-3-11-28-19/h3-8,11,13,16H,2,9-10,12,14H2,1H3,(H,22,26)(H,23,24)/t16-/m0/s1. The number of aromatic amines is 1. The van der Waals surface area contributed by atoms with Crippen molar-refractivity contribution in [1.82, 2.24) is 15.5 Å². The number of benzene rings is 1. The Bertz CT molecular complexity index is 905. The average molecular weight is 397 g/mol. The molecule has 3 heterocycles. The molecule has 1 aliphatic heterocycles. The minimum atomic E-state index is 0.0531. The largest absolute Gasteiger partial charge is 0.494 e. The van der Waals surface area contributed by atoms with Gasteiger partial charge in [0.05, 0.1) is 23.6 Å². The SMILES string of the molecule is CCOc1ccc(CC(=O)N[C@H]2CCN(c3cc(-c4cccs4)[nH]n3)C2)cc1. The van der Waals surface area contributed by atoms with Crippen LogP contribution in [0, 0.1) is 0 Å². The van der Waals surface area contributed by atoms with Crippen LogP contribution in [0.3, 0.4) is 0 Å². The van der Waals surface area contributed by atoms with E-state index in [0.29, 0.717) is 13.0 Å². The molecular formula is C21H24N4O2S. The normalized spacial score (nSPS) is 16.3. The van der Waals surface area contributed by atoms with Crippen LogP contribution in [0.1, 0.15) is 18.9 Å².